The Balaban J connectivity index is 1.59. The minimum Gasteiger partial charge on any atom is -0.293 e. The van der Waals surface area contributed by atoms with Gasteiger partial charge >= 0.3 is 0 Å². The topological polar surface area (TPSA) is 17.1 Å². The quantitative estimate of drug-likeness (QED) is 0.525. The predicted octanol–water partition coefficient (Wildman–Crippen LogP) is 6.44. The molecule has 0 radical (unpaired) electrons. The number of benzene rings is 2. The molecule has 1 nitrogen and oxygen atoms in total. The Hall–Kier alpha value is -2.45. The summed E-state index contributed by atoms with van der Waals surface area (Å²) in [6.45, 7) is 4.21. The fourth-order valence-corrected chi connectivity index (χ4v) is 4.83. The fourth-order valence-electron chi connectivity index (χ4n) is 3.77. The van der Waals surface area contributed by atoms with Crippen LogP contribution in [-0.4, -0.2) is 5.78 Å². The van der Waals surface area contributed by atoms with E-state index in [0.29, 0.717) is 0 Å². The van der Waals surface area contributed by atoms with Crippen molar-refractivity contribution in [2.75, 3.05) is 0 Å². The normalized spacial score (nSPS) is 17.7. The van der Waals surface area contributed by atoms with Gasteiger partial charge in [0.15, 0.2) is 5.78 Å². The van der Waals surface area contributed by atoms with E-state index in [2.05, 4.69) is 55.5 Å². The molecule has 1 aliphatic rings. The molecule has 0 aliphatic heterocycles. The molecule has 0 N–H and O–H groups in total. The number of Topliss-reactive ketones (excluding diaryl/α,β-unsaturated/α-hetero) is 1. The van der Waals surface area contributed by atoms with Crippen molar-refractivity contribution in [2.45, 2.75) is 26.7 Å². The standard InChI is InChI=1S/C24H22OS/c1-3-16-9-11-17(12-10-16)23-14-13-18(26-23)15-22-19(4-2)20-7-5-6-8-21(20)24(22)25/h4-14,22H,3,15H2,1-2H3/b19-4-. The molecule has 1 atom stereocenters. The molecule has 0 bridgehead atoms. The molecule has 0 saturated carbocycles. The van der Waals surface area contributed by atoms with Crippen LogP contribution in [0.15, 0.2) is 66.7 Å². The molecule has 130 valence electrons. The zero-order valence-corrected chi connectivity index (χ0v) is 16.0. The van der Waals surface area contributed by atoms with Crippen molar-refractivity contribution in [2.24, 2.45) is 5.92 Å². The van der Waals surface area contributed by atoms with Crippen LogP contribution in [0.4, 0.5) is 0 Å². The van der Waals surface area contributed by atoms with E-state index < -0.39 is 0 Å². The lowest BCUT2D eigenvalue weighted by molar-refractivity contribution is 0.0958. The number of carbonyl (C=O) groups is 1. The minimum absolute atomic E-state index is 0.0497. The van der Waals surface area contributed by atoms with Crippen molar-refractivity contribution in [3.05, 3.63) is 88.3 Å². The second kappa shape index (κ2) is 7.05. The summed E-state index contributed by atoms with van der Waals surface area (Å²) in [5.41, 5.74) is 5.77. The van der Waals surface area contributed by atoms with Gasteiger partial charge in [0.1, 0.15) is 0 Å². The number of fused-ring (bicyclic) bond motifs is 1. The Labute approximate surface area is 159 Å². The highest BCUT2D eigenvalue weighted by atomic mass is 32.1. The van der Waals surface area contributed by atoms with Gasteiger partial charge in [-0.1, -0.05) is 61.5 Å². The Morgan fingerprint density at radius 3 is 2.38 bits per heavy atom. The first-order chi connectivity index (χ1) is 12.7. The Morgan fingerprint density at radius 1 is 0.962 bits per heavy atom. The van der Waals surface area contributed by atoms with Crippen LogP contribution >= 0.6 is 11.3 Å². The van der Waals surface area contributed by atoms with E-state index in [9.17, 15) is 4.79 Å². The van der Waals surface area contributed by atoms with Crippen LogP contribution in [0.3, 0.4) is 0 Å². The van der Waals surface area contributed by atoms with Crippen LogP contribution < -0.4 is 0 Å². The fraction of sp³-hybridized carbons (Fsp3) is 0.208. The number of allylic oxidation sites excluding steroid dienone is 2. The lowest BCUT2D eigenvalue weighted by Gasteiger charge is -2.09. The largest absolute Gasteiger partial charge is 0.293 e. The molecule has 1 unspecified atom stereocenters. The first kappa shape index (κ1) is 17.0. The van der Waals surface area contributed by atoms with Crippen molar-refractivity contribution in [1.82, 2.24) is 0 Å². The average molecular weight is 359 g/mol. The maximum atomic E-state index is 12.9. The number of ketones is 1. The molecule has 0 spiro atoms. The average Bonchev–Trinajstić information content (AvgIpc) is 3.26. The zero-order valence-electron chi connectivity index (χ0n) is 15.2. The summed E-state index contributed by atoms with van der Waals surface area (Å²) in [6.07, 6.45) is 3.95. The summed E-state index contributed by atoms with van der Waals surface area (Å²) < 4.78 is 0. The number of rotatable bonds is 4. The van der Waals surface area contributed by atoms with Gasteiger partial charge in [0.2, 0.25) is 0 Å². The van der Waals surface area contributed by atoms with Gasteiger partial charge in [-0.2, -0.15) is 0 Å². The molecule has 1 heterocycles. The number of carbonyl (C=O) groups excluding carboxylic acids is 1. The van der Waals surface area contributed by atoms with Gasteiger partial charge < -0.3 is 0 Å². The molecule has 0 saturated heterocycles. The van der Waals surface area contributed by atoms with Crippen LogP contribution in [0.5, 0.6) is 0 Å². The van der Waals surface area contributed by atoms with E-state index in [4.69, 9.17) is 0 Å². The van der Waals surface area contributed by atoms with Gasteiger partial charge in [0, 0.05) is 15.3 Å². The summed E-state index contributed by atoms with van der Waals surface area (Å²) in [5, 5.41) is 0. The number of aryl methyl sites for hydroxylation is 1. The molecule has 3 aromatic rings. The Bertz CT molecular complexity index is 975. The Kier molecular flexibility index (Phi) is 4.60. The van der Waals surface area contributed by atoms with E-state index in [-0.39, 0.29) is 11.7 Å². The molecule has 2 heteroatoms. The third-order valence-electron chi connectivity index (χ3n) is 5.22. The first-order valence-corrected chi connectivity index (χ1v) is 10.0. The van der Waals surface area contributed by atoms with Crippen LogP contribution in [0.25, 0.3) is 16.0 Å². The third-order valence-corrected chi connectivity index (χ3v) is 6.38. The first-order valence-electron chi connectivity index (χ1n) is 9.19. The summed E-state index contributed by atoms with van der Waals surface area (Å²) in [4.78, 5) is 15.4. The highest BCUT2D eigenvalue weighted by Gasteiger charge is 2.34. The predicted molar refractivity (Wildman–Crippen MR) is 111 cm³/mol. The van der Waals surface area contributed by atoms with Gasteiger partial charge in [0.05, 0.1) is 5.92 Å². The van der Waals surface area contributed by atoms with E-state index in [1.54, 1.807) is 11.3 Å². The number of thiophene rings is 1. The minimum atomic E-state index is -0.0497. The summed E-state index contributed by atoms with van der Waals surface area (Å²) in [7, 11) is 0. The van der Waals surface area contributed by atoms with Gasteiger partial charge in [-0.15, -0.1) is 11.3 Å². The van der Waals surface area contributed by atoms with Gasteiger partial charge in [-0.25, -0.2) is 0 Å². The molecule has 2 aromatic carbocycles. The molecule has 0 amide bonds. The van der Waals surface area contributed by atoms with E-state index in [1.807, 2.05) is 25.1 Å². The lowest BCUT2D eigenvalue weighted by atomic mass is 9.95. The second-order valence-corrected chi connectivity index (χ2v) is 7.90. The SMILES string of the molecule is C/C=C1/c2ccccc2C(=O)C1Cc1ccc(-c2ccc(CC)cc2)s1. The second-order valence-electron chi connectivity index (χ2n) is 6.73. The molecule has 4 rings (SSSR count). The van der Waals surface area contributed by atoms with Crippen LogP contribution in [0.1, 0.15) is 40.2 Å². The summed E-state index contributed by atoms with van der Waals surface area (Å²) in [5.74, 6) is 0.210. The summed E-state index contributed by atoms with van der Waals surface area (Å²) >= 11 is 1.80. The van der Waals surface area contributed by atoms with Gasteiger partial charge in [0.25, 0.3) is 0 Å². The van der Waals surface area contributed by atoms with E-state index >= 15 is 0 Å². The van der Waals surface area contributed by atoms with Crippen LogP contribution in [-0.2, 0) is 12.8 Å². The lowest BCUT2D eigenvalue weighted by Crippen LogP contribution is -2.10. The van der Waals surface area contributed by atoms with E-state index in [1.165, 1.54) is 26.5 Å². The Morgan fingerprint density at radius 2 is 1.69 bits per heavy atom. The zero-order chi connectivity index (χ0) is 18.1. The molecular weight excluding hydrogens is 336 g/mol. The molecule has 26 heavy (non-hydrogen) atoms. The van der Waals surface area contributed by atoms with Crippen molar-refractivity contribution >= 4 is 22.7 Å². The molecule has 0 fully saturated rings. The number of hydrogen-bond donors (Lipinski definition) is 0. The third kappa shape index (κ3) is 2.95. The highest BCUT2D eigenvalue weighted by Crippen LogP contribution is 2.40. The van der Waals surface area contributed by atoms with Crippen molar-refractivity contribution in [1.29, 1.82) is 0 Å². The molecule has 1 aliphatic carbocycles. The maximum absolute atomic E-state index is 12.9. The van der Waals surface area contributed by atoms with Crippen molar-refractivity contribution in [3.63, 3.8) is 0 Å². The van der Waals surface area contributed by atoms with Crippen LogP contribution in [0, 0.1) is 5.92 Å². The number of hydrogen-bond acceptors (Lipinski definition) is 2. The molecular formula is C24H22OS. The summed E-state index contributed by atoms with van der Waals surface area (Å²) in [6, 6.07) is 21.1. The molecule has 1 aromatic heterocycles. The smallest absolute Gasteiger partial charge is 0.171 e. The van der Waals surface area contributed by atoms with Gasteiger partial charge in [-0.05, 0) is 54.2 Å². The van der Waals surface area contributed by atoms with Crippen molar-refractivity contribution in [3.8, 4) is 10.4 Å². The van der Waals surface area contributed by atoms with Gasteiger partial charge in [-0.3, -0.25) is 4.79 Å². The van der Waals surface area contributed by atoms with Crippen LogP contribution in [0.2, 0.25) is 0 Å². The van der Waals surface area contributed by atoms with E-state index in [0.717, 1.165) is 24.0 Å². The highest BCUT2D eigenvalue weighted by molar-refractivity contribution is 7.15. The maximum Gasteiger partial charge on any atom is 0.171 e. The monoisotopic (exact) mass is 358 g/mol. The van der Waals surface area contributed by atoms with Crippen molar-refractivity contribution < 1.29 is 4.79 Å².